The van der Waals surface area contributed by atoms with Crippen LogP contribution < -0.4 is 5.32 Å². The topological polar surface area (TPSA) is 41.0 Å². The van der Waals surface area contributed by atoms with E-state index < -0.39 is 0 Å². The Hall–Kier alpha value is -1.68. The van der Waals surface area contributed by atoms with E-state index in [1.54, 1.807) is 0 Å². The van der Waals surface area contributed by atoms with E-state index in [1.807, 2.05) is 6.92 Å². The maximum atomic E-state index is 4.37. The Morgan fingerprint density at radius 1 is 1.25 bits per heavy atom. The first kappa shape index (κ1) is 13.3. The Kier molecular flexibility index (Phi) is 3.83. The van der Waals surface area contributed by atoms with E-state index in [-0.39, 0.29) is 0 Å². The number of aromatic nitrogens is 2. The molecular weight excluding hydrogens is 248 g/mol. The summed E-state index contributed by atoms with van der Waals surface area (Å²) >= 11 is 0. The van der Waals surface area contributed by atoms with Crippen molar-refractivity contribution < 1.29 is 0 Å². The van der Waals surface area contributed by atoms with Gasteiger partial charge in [0, 0.05) is 23.4 Å². The predicted octanol–water partition coefficient (Wildman–Crippen LogP) is 2.83. The summed E-state index contributed by atoms with van der Waals surface area (Å²) in [6, 6.07) is 8.83. The molecule has 1 atom stereocenters. The molecule has 1 saturated heterocycles. The molecule has 3 rings (SSSR count). The second-order valence-corrected chi connectivity index (χ2v) is 5.56. The number of likely N-dealkylation sites (tertiary alicyclic amines) is 1. The number of nitrogens with one attached hydrogen (secondary N) is 1. The molecule has 0 amide bonds. The lowest BCUT2D eigenvalue weighted by atomic mass is 10.1. The van der Waals surface area contributed by atoms with Crippen LogP contribution in [0.15, 0.2) is 24.3 Å². The van der Waals surface area contributed by atoms with Crippen LogP contribution in [0, 0.1) is 6.92 Å². The fraction of sp³-hybridized carbons (Fsp3) is 0.500. The fourth-order valence-corrected chi connectivity index (χ4v) is 3.00. The van der Waals surface area contributed by atoms with Crippen LogP contribution in [0.5, 0.6) is 0 Å². The summed E-state index contributed by atoms with van der Waals surface area (Å²) < 4.78 is 0. The van der Waals surface area contributed by atoms with Crippen LogP contribution in [0.2, 0.25) is 0 Å². The van der Waals surface area contributed by atoms with Crippen LogP contribution >= 0.6 is 0 Å². The second-order valence-electron chi connectivity index (χ2n) is 5.56. The number of nitrogens with zero attached hydrogens (tertiary/aromatic N) is 3. The van der Waals surface area contributed by atoms with E-state index in [9.17, 15) is 0 Å². The van der Waals surface area contributed by atoms with Crippen molar-refractivity contribution in [3.8, 4) is 0 Å². The zero-order chi connectivity index (χ0) is 13.9. The average Bonchev–Trinajstić information content (AvgIpc) is 2.51. The van der Waals surface area contributed by atoms with Gasteiger partial charge in [0.2, 0.25) is 0 Å². The van der Waals surface area contributed by atoms with Crippen LogP contribution in [0.1, 0.15) is 25.5 Å². The monoisotopic (exact) mass is 270 g/mol. The van der Waals surface area contributed by atoms with Crippen molar-refractivity contribution in [1.82, 2.24) is 15.1 Å². The number of rotatable bonds is 3. The molecule has 4 nitrogen and oxygen atoms in total. The third-order valence-corrected chi connectivity index (χ3v) is 4.17. The highest BCUT2D eigenvalue weighted by Gasteiger charge is 2.19. The quantitative estimate of drug-likeness (QED) is 0.931. The number of piperidine rings is 1. The molecule has 2 aromatic rings. The molecule has 0 aliphatic carbocycles. The molecule has 0 radical (unpaired) electrons. The smallest absolute Gasteiger partial charge is 0.156 e. The van der Waals surface area contributed by atoms with Crippen molar-refractivity contribution in [1.29, 1.82) is 0 Å². The van der Waals surface area contributed by atoms with Crippen molar-refractivity contribution >= 4 is 16.6 Å². The highest BCUT2D eigenvalue weighted by atomic mass is 15.2. The molecule has 0 spiro atoms. The Bertz CT molecular complexity index is 596. The Morgan fingerprint density at radius 2 is 2.05 bits per heavy atom. The van der Waals surface area contributed by atoms with E-state index in [2.05, 4.69) is 51.6 Å². The first-order chi connectivity index (χ1) is 9.78. The van der Waals surface area contributed by atoms with Gasteiger partial charge in [-0.2, -0.15) is 5.10 Å². The van der Waals surface area contributed by atoms with Crippen LogP contribution in [0.3, 0.4) is 0 Å². The molecule has 1 fully saturated rings. The van der Waals surface area contributed by atoms with Crippen molar-refractivity contribution in [2.45, 2.75) is 32.7 Å². The first-order valence-electron chi connectivity index (χ1n) is 7.49. The highest BCUT2D eigenvalue weighted by Crippen LogP contribution is 2.24. The molecule has 20 heavy (non-hydrogen) atoms. The number of fused-ring (bicyclic) bond motifs is 1. The van der Waals surface area contributed by atoms with Gasteiger partial charge in [-0.15, -0.1) is 5.10 Å². The summed E-state index contributed by atoms with van der Waals surface area (Å²) in [6.45, 7) is 7.68. The lowest BCUT2D eigenvalue weighted by Crippen LogP contribution is -2.42. The zero-order valence-electron chi connectivity index (χ0n) is 12.3. The molecule has 1 N–H and O–H groups in total. The van der Waals surface area contributed by atoms with Crippen LogP contribution in [0.4, 0.5) is 5.82 Å². The highest BCUT2D eigenvalue weighted by molar-refractivity contribution is 5.92. The van der Waals surface area contributed by atoms with E-state index in [0.717, 1.165) is 24.6 Å². The molecule has 1 unspecified atom stereocenters. The molecule has 4 heteroatoms. The average molecular weight is 270 g/mol. The minimum absolute atomic E-state index is 0.476. The van der Waals surface area contributed by atoms with Crippen molar-refractivity contribution in [3.63, 3.8) is 0 Å². The summed E-state index contributed by atoms with van der Waals surface area (Å²) in [7, 11) is 0. The number of aryl methyl sites for hydroxylation is 1. The van der Waals surface area contributed by atoms with Gasteiger partial charge in [0.15, 0.2) is 5.82 Å². The van der Waals surface area contributed by atoms with Gasteiger partial charge in [0.1, 0.15) is 0 Å². The van der Waals surface area contributed by atoms with Gasteiger partial charge in [-0.05, 0) is 32.9 Å². The van der Waals surface area contributed by atoms with Gasteiger partial charge in [-0.25, -0.2) is 0 Å². The lowest BCUT2D eigenvalue weighted by molar-refractivity contribution is 0.226. The van der Waals surface area contributed by atoms with E-state index >= 15 is 0 Å². The minimum atomic E-state index is 0.476. The van der Waals surface area contributed by atoms with Crippen molar-refractivity contribution in [2.75, 3.05) is 25.0 Å². The maximum absolute atomic E-state index is 4.37. The van der Waals surface area contributed by atoms with Crippen LogP contribution in [-0.4, -0.2) is 40.8 Å². The zero-order valence-corrected chi connectivity index (χ0v) is 12.3. The molecule has 0 bridgehead atoms. The lowest BCUT2D eigenvalue weighted by Gasteiger charge is -2.32. The standard InChI is InChI=1S/C16H22N4/c1-3-20-10-6-7-13(11-20)17-16-15-9-5-4-8-14(15)12(2)18-19-16/h4-5,8-9,13H,3,6-7,10-11H2,1-2H3,(H,17,19). The number of likely N-dealkylation sites (N-methyl/N-ethyl adjacent to an activating group) is 1. The second kappa shape index (κ2) is 5.75. The summed E-state index contributed by atoms with van der Waals surface area (Å²) in [5.41, 5.74) is 0.991. The summed E-state index contributed by atoms with van der Waals surface area (Å²) in [5, 5.41) is 14.6. The summed E-state index contributed by atoms with van der Waals surface area (Å²) in [6.07, 6.45) is 2.46. The maximum Gasteiger partial charge on any atom is 0.156 e. The third kappa shape index (κ3) is 2.61. The number of anilines is 1. The van der Waals surface area contributed by atoms with E-state index in [4.69, 9.17) is 0 Å². The number of benzene rings is 1. The fourth-order valence-electron chi connectivity index (χ4n) is 3.00. The third-order valence-electron chi connectivity index (χ3n) is 4.17. The van der Waals surface area contributed by atoms with E-state index in [0.29, 0.717) is 6.04 Å². The summed E-state index contributed by atoms with van der Waals surface area (Å²) in [5.74, 6) is 0.925. The van der Waals surface area contributed by atoms with Crippen LogP contribution in [-0.2, 0) is 0 Å². The largest absolute Gasteiger partial charge is 0.364 e. The SMILES string of the molecule is CCN1CCCC(Nc2nnc(C)c3ccccc23)C1. The normalized spacial score (nSPS) is 20.2. The molecule has 1 aliphatic rings. The molecule has 1 aliphatic heterocycles. The molecular formula is C16H22N4. The van der Waals surface area contributed by atoms with Gasteiger partial charge in [0.25, 0.3) is 0 Å². The van der Waals surface area contributed by atoms with Crippen molar-refractivity contribution in [3.05, 3.63) is 30.0 Å². The van der Waals surface area contributed by atoms with Gasteiger partial charge in [-0.3, -0.25) is 0 Å². The molecule has 1 aromatic carbocycles. The molecule has 2 heterocycles. The van der Waals surface area contributed by atoms with Gasteiger partial charge >= 0.3 is 0 Å². The Morgan fingerprint density at radius 3 is 2.85 bits per heavy atom. The minimum Gasteiger partial charge on any atom is -0.364 e. The molecule has 106 valence electrons. The van der Waals surface area contributed by atoms with E-state index in [1.165, 1.54) is 30.2 Å². The van der Waals surface area contributed by atoms with Gasteiger partial charge < -0.3 is 10.2 Å². The summed E-state index contributed by atoms with van der Waals surface area (Å²) in [4.78, 5) is 2.49. The molecule has 1 aromatic heterocycles. The Labute approximate surface area is 120 Å². The molecule has 0 saturated carbocycles. The predicted molar refractivity (Wildman–Crippen MR) is 83.0 cm³/mol. The van der Waals surface area contributed by atoms with Gasteiger partial charge in [0.05, 0.1) is 5.69 Å². The number of hydrogen-bond acceptors (Lipinski definition) is 4. The van der Waals surface area contributed by atoms with Gasteiger partial charge in [-0.1, -0.05) is 31.2 Å². The van der Waals surface area contributed by atoms with Crippen LogP contribution in [0.25, 0.3) is 10.8 Å². The Balaban J connectivity index is 1.86. The van der Waals surface area contributed by atoms with Crippen molar-refractivity contribution in [2.24, 2.45) is 0 Å². The number of hydrogen-bond donors (Lipinski definition) is 1. The first-order valence-corrected chi connectivity index (χ1v) is 7.49.